The molecule has 0 aromatic rings. The van der Waals surface area contributed by atoms with E-state index in [0.717, 1.165) is 0 Å². The van der Waals surface area contributed by atoms with Crippen LogP contribution in [0.15, 0.2) is 0 Å². The third kappa shape index (κ3) is 7.88. The maximum absolute atomic E-state index is 12.0. The van der Waals surface area contributed by atoms with Gasteiger partial charge < -0.3 is 5.73 Å². The minimum atomic E-state index is -4.93. The van der Waals surface area contributed by atoms with E-state index in [1.54, 1.807) is 13.8 Å². The molecule has 0 aromatic heterocycles. The first-order valence-electron chi connectivity index (χ1n) is 5.47. The maximum Gasteiger partial charge on any atom is 0.470 e. The number of halogens is 3. The molecule has 3 N–H and O–H groups in total. The van der Waals surface area contributed by atoms with E-state index in [1.165, 1.54) is 0 Å². The average Bonchev–Trinajstić information content (AvgIpc) is 1.93. The normalized spacial score (nSPS) is 14.9. The number of alkyl halides is 3. The van der Waals surface area contributed by atoms with Gasteiger partial charge in [-0.2, -0.15) is 13.2 Å². The highest BCUT2D eigenvalue weighted by atomic mass is 32.2. The van der Waals surface area contributed by atoms with Crippen LogP contribution in [0.4, 0.5) is 13.2 Å². The first-order valence-corrected chi connectivity index (χ1v) is 7.12. The predicted molar refractivity (Wildman–Crippen MR) is 64.2 cm³/mol. The van der Waals surface area contributed by atoms with E-state index >= 15 is 0 Å². The molecule has 0 saturated heterocycles. The van der Waals surface area contributed by atoms with Crippen LogP contribution in [0, 0.1) is 10.8 Å². The smallest absolute Gasteiger partial charge is 0.330 e. The van der Waals surface area contributed by atoms with Crippen molar-refractivity contribution in [2.45, 2.75) is 40.4 Å². The van der Waals surface area contributed by atoms with Gasteiger partial charge in [0.05, 0.1) is 5.75 Å². The van der Waals surface area contributed by atoms with Crippen molar-refractivity contribution in [2.24, 2.45) is 16.6 Å². The summed E-state index contributed by atoms with van der Waals surface area (Å²) >= 11 is 0. The minimum absolute atomic E-state index is 0.322. The monoisotopic (exact) mass is 290 g/mol. The van der Waals surface area contributed by atoms with Crippen LogP contribution in [0.2, 0.25) is 0 Å². The molecule has 0 radical (unpaired) electrons. The van der Waals surface area contributed by atoms with Crippen molar-refractivity contribution in [3.8, 4) is 0 Å². The average molecular weight is 290 g/mol. The molecule has 0 spiro atoms. The molecule has 110 valence electrons. The van der Waals surface area contributed by atoms with E-state index in [9.17, 15) is 21.6 Å². The van der Waals surface area contributed by atoms with Crippen LogP contribution in [-0.4, -0.2) is 27.0 Å². The molecule has 0 aliphatic carbocycles. The number of rotatable bonds is 6. The standard InChI is InChI=1S/C10H21F3N2O2S/c1-8(2,6-14)5-9(3,4)7-18(16,17)15-10(11,12)13/h15H,5-7,14H2,1-4H3. The van der Waals surface area contributed by atoms with Crippen molar-refractivity contribution in [3.05, 3.63) is 0 Å². The molecular weight excluding hydrogens is 269 g/mol. The lowest BCUT2D eigenvalue weighted by molar-refractivity contribution is -0.138. The molecule has 8 heteroatoms. The van der Waals surface area contributed by atoms with Crippen LogP contribution in [0.3, 0.4) is 0 Å². The SMILES string of the molecule is CC(C)(CN)CC(C)(C)CS(=O)(=O)NC(F)(F)F. The molecule has 0 saturated carbocycles. The molecule has 0 aliphatic heterocycles. The lowest BCUT2D eigenvalue weighted by Gasteiger charge is -2.33. The molecule has 0 unspecified atom stereocenters. The van der Waals surface area contributed by atoms with Crippen LogP contribution in [0.1, 0.15) is 34.1 Å². The van der Waals surface area contributed by atoms with Crippen LogP contribution in [0.25, 0.3) is 0 Å². The molecule has 0 aliphatic rings. The Morgan fingerprint density at radius 3 is 1.83 bits per heavy atom. The number of hydrogen-bond acceptors (Lipinski definition) is 3. The summed E-state index contributed by atoms with van der Waals surface area (Å²) in [7, 11) is -4.39. The summed E-state index contributed by atoms with van der Waals surface area (Å²) < 4.78 is 59.5. The largest absolute Gasteiger partial charge is 0.470 e. The highest BCUT2D eigenvalue weighted by Gasteiger charge is 2.38. The van der Waals surface area contributed by atoms with Crippen LogP contribution in [0.5, 0.6) is 0 Å². The lowest BCUT2D eigenvalue weighted by Crippen LogP contribution is -2.43. The Kier molecular flexibility index (Phi) is 5.24. The van der Waals surface area contributed by atoms with E-state index in [1.807, 2.05) is 13.8 Å². The zero-order valence-electron chi connectivity index (χ0n) is 11.1. The van der Waals surface area contributed by atoms with Crippen molar-refractivity contribution >= 4 is 10.0 Å². The van der Waals surface area contributed by atoms with Crippen LogP contribution >= 0.6 is 0 Å². The molecule has 0 aromatic carbocycles. The first-order chi connectivity index (χ1) is 7.68. The van der Waals surface area contributed by atoms with Gasteiger partial charge >= 0.3 is 6.30 Å². The predicted octanol–water partition coefficient (Wildman–Crippen LogP) is 1.83. The second kappa shape index (κ2) is 5.34. The van der Waals surface area contributed by atoms with Crippen molar-refractivity contribution < 1.29 is 21.6 Å². The van der Waals surface area contributed by atoms with E-state index in [-0.39, 0.29) is 5.41 Å². The maximum atomic E-state index is 12.0. The summed E-state index contributed by atoms with van der Waals surface area (Å²) in [5.41, 5.74) is 4.42. The Morgan fingerprint density at radius 1 is 1.06 bits per heavy atom. The Labute approximate surface area is 106 Å². The summed E-state index contributed by atoms with van der Waals surface area (Å²) in [6.07, 6.45) is -4.52. The van der Waals surface area contributed by atoms with Gasteiger partial charge in [0.1, 0.15) is 0 Å². The summed E-state index contributed by atoms with van der Waals surface area (Å²) in [6, 6.07) is 0. The van der Waals surface area contributed by atoms with E-state index in [2.05, 4.69) is 0 Å². The molecule has 0 fully saturated rings. The Hall–Kier alpha value is -0.340. The quantitative estimate of drug-likeness (QED) is 0.733. The second-order valence-electron chi connectivity index (χ2n) is 6.07. The highest BCUT2D eigenvalue weighted by Crippen LogP contribution is 2.34. The Morgan fingerprint density at radius 2 is 1.50 bits per heavy atom. The van der Waals surface area contributed by atoms with Gasteiger partial charge in [0.15, 0.2) is 0 Å². The second-order valence-corrected chi connectivity index (χ2v) is 7.79. The van der Waals surface area contributed by atoms with Gasteiger partial charge in [-0.25, -0.2) is 8.42 Å². The molecule has 0 atom stereocenters. The summed E-state index contributed by atoms with van der Waals surface area (Å²) in [4.78, 5) is 0. The van der Waals surface area contributed by atoms with Gasteiger partial charge in [0.25, 0.3) is 0 Å². The van der Waals surface area contributed by atoms with Gasteiger partial charge in [0.2, 0.25) is 10.0 Å². The highest BCUT2D eigenvalue weighted by molar-refractivity contribution is 7.89. The Bertz CT molecular complexity index is 375. The topological polar surface area (TPSA) is 72.2 Å². The molecular formula is C10H21F3N2O2S. The van der Waals surface area contributed by atoms with Gasteiger partial charge in [-0.05, 0) is 23.8 Å². The van der Waals surface area contributed by atoms with E-state index in [0.29, 0.717) is 17.7 Å². The van der Waals surface area contributed by atoms with Crippen molar-refractivity contribution in [3.63, 3.8) is 0 Å². The van der Waals surface area contributed by atoms with Crippen LogP contribution < -0.4 is 10.5 Å². The summed E-state index contributed by atoms with van der Waals surface area (Å²) in [5, 5.41) is 0. The molecule has 0 bridgehead atoms. The van der Waals surface area contributed by atoms with Gasteiger partial charge in [0, 0.05) is 0 Å². The number of sulfonamides is 1. The fourth-order valence-electron chi connectivity index (χ4n) is 2.15. The summed E-state index contributed by atoms with van der Waals surface area (Å²) in [5.74, 6) is -0.594. The van der Waals surface area contributed by atoms with Gasteiger partial charge in [-0.15, -0.1) is 4.72 Å². The van der Waals surface area contributed by atoms with Crippen molar-refractivity contribution in [1.82, 2.24) is 4.72 Å². The fraction of sp³-hybridized carbons (Fsp3) is 1.00. The molecule has 4 nitrogen and oxygen atoms in total. The van der Waals surface area contributed by atoms with Crippen LogP contribution in [-0.2, 0) is 10.0 Å². The van der Waals surface area contributed by atoms with E-state index in [4.69, 9.17) is 5.73 Å². The number of hydrogen-bond donors (Lipinski definition) is 2. The van der Waals surface area contributed by atoms with E-state index < -0.39 is 27.5 Å². The molecule has 0 heterocycles. The minimum Gasteiger partial charge on any atom is -0.330 e. The number of nitrogens with two attached hydrogens (primary N) is 1. The molecule has 18 heavy (non-hydrogen) atoms. The van der Waals surface area contributed by atoms with Gasteiger partial charge in [-0.3, -0.25) is 0 Å². The zero-order chi connectivity index (χ0) is 14.8. The fourth-order valence-corrected chi connectivity index (χ4v) is 3.70. The zero-order valence-corrected chi connectivity index (χ0v) is 11.9. The summed E-state index contributed by atoms with van der Waals surface area (Å²) in [6.45, 7) is 7.25. The van der Waals surface area contributed by atoms with Crippen molar-refractivity contribution in [2.75, 3.05) is 12.3 Å². The number of nitrogens with one attached hydrogen (secondary N) is 1. The molecule has 0 rings (SSSR count). The van der Waals surface area contributed by atoms with Crippen molar-refractivity contribution in [1.29, 1.82) is 0 Å². The Balaban J connectivity index is 4.77. The third-order valence-electron chi connectivity index (χ3n) is 2.36. The first kappa shape index (κ1) is 17.7. The van der Waals surface area contributed by atoms with Gasteiger partial charge in [-0.1, -0.05) is 27.7 Å². The third-order valence-corrected chi connectivity index (χ3v) is 4.07. The molecule has 0 amide bonds. The lowest BCUT2D eigenvalue weighted by atomic mass is 9.76.